The molecule has 3 heteroatoms. The lowest BCUT2D eigenvalue weighted by Gasteiger charge is -2.33. The molecule has 3 unspecified atom stereocenters. The van der Waals surface area contributed by atoms with Crippen LogP contribution in [0, 0.1) is 17.8 Å². The monoisotopic (exact) mass is 495 g/mol. The first-order valence-electron chi connectivity index (χ1n) is 14.4. The van der Waals surface area contributed by atoms with Crippen LogP contribution in [0.15, 0.2) is 36.9 Å². The molecule has 1 N–H and O–H groups in total. The quantitative estimate of drug-likeness (QED) is 0.219. The average Bonchev–Trinajstić information content (AvgIpc) is 3.23. The molecule has 1 aromatic rings. The number of unbranched alkanes of at least 4 members (excludes halogenated alkanes) is 3. The Hall–Kier alpha value is -2.03. The third kappa shape index (κ3) is 9.45. The largest absolute Gasteiger partial charge is 0.444 e. The van der Waals surface area contributed by atoms with Gasteiger partial charge in [-0.2, -0.15) is 0 Å². The van der Waals surface area contributed by atoms with E-state index in [-0.39, 0.29) is 18.1 Å². The standard InChI is InChI=1S/C33H53NO2/c1-10-12-13-14-15-28-21-27(19-18-26(28)11-2)25(6)30(23(3)4)22-31(29-17-16-24(5)20-29)34-32(35)36-33(7,8)9/h18-19,21,23,29-31H,5-6,10-17,20,22H2,1-4,7-9H3,(H,34,35). The number of rotatable bonds is 13. The molecule has 1 amide bonds. The Morgan fingerprint density at radius 1 is 1.14 bits per heavy atom. The molecule has 3 nitrogen and oxygen atoms in total. The Balaban J connectivity index is 2.25. The second-order valence-corrected chi connectivity index (χ2v) is 12.3. The molecule has 1 saturated carbocycles. The Bertz CT molecular complexity index is 876. The zero-order valence-electron chi connectivity index (χ0n) is 24.3. The van der Waals surface area contributed by atoms with Gasteiger partial charge in [0.1, 0.15) is 5.60 Å². The van der Waals surface area contributed by atoms with Crippen LogP contribution in [0.1, 0.15) is 117 Å². The minimum Gasteiger partial charge on any atom is -0.444 e. The molecular formula is C33H53NO2. The predicted molar refractivity (Wildman–Crippen MR) is 155 cm³/mol. The molecule has 1 aliphatic carbocycles. The van der Waals surface area contributed by atoms with Crippen molar-refractivity contribution in [2.24, 2.45) is 17.8 Å². The van der Waals surface area contributed by atoms with Crippen molar-refractivity contribution in [1.29, 1.82) is 0 Å². The van der Waals surface area contributed by atoms with Crippen LogP contribution in [-0.2, 0) is 17.6 Å². The minimum absolute atomic E-state index is 0.0479. The van der Waals surface area contributed by atoms with E-state index in [2.05, 4.69) is 64.4 Å². The van der Waals surface area contributed by atoms with Crippen LogP contribution in [0.25, 0.3) is 5.57 Å². The molecular weight excluding hydrogens is 442 g/mol. The summed E-state index contributed by atoms with van der Waals surface area (Å²) in [7, 11) is 0. The van der Waals surface area contributed by atoms with Crippen molar-refractivity contribution in [3.63, 3.8) is 0 Å². The number of carbonyl (C=O) groups is 1. The zero-order chi connectivity index (χ0) is 26.9. The lowest BCUT2D eigenvalue weighted by atomic mass is 9.77. The van der Waals surface area contributed by atoms with E-state index in [1.165, 1.54) is 53.5 Å². The molecule has 1 aliphatic rings. The summed E-state index contributed by atoms with van der Waals surface area (Å²) in [6, 6.07) is 7.02. The minimum atomic E-state index is -0.510. The van der Waals surface area contributed by atoms with Crippen molar-refractivity contribution >= 4 is 11.7 Å². The smallest absolute Gasteiger partial charge is 0.407 e. The molecule has 3 atom stereocenters. The highest BCUT2D eigenvalue weighted by molar-refractivity contribution is 5.69. The molecule has 0 bridgehead atoms. The van der Waals surface area contributed by atoms with E-state index in [0.717, 1.165) is 38.5 Å². The van der Waals surface area contributed by atoms with Crippen molar-refractivity contribution < 1.29 is 9.53 Å². The molecule has 1 aromatic carbocycles. The van der Waals surface area contributed by atoms with E-state index in [0.29, 0.717) is 11.8 Å². The maximum Gasteiger partial charge on any atom is 0.407 e. The van der Waals surface area contributed by atoms with E-state index >= 15 is 0 Å². The van der Waals surface area contributed by atoms with Gasteiger partial charge in [0.05, 0.1) is 0 Å². The summed E-state index contributed by atoms with van der Waals surface area (Å²) in [6.07, 6.45) is 11.0. The number of benzene rings is 1. The normalized spacial score (nSPS) is 17.8. The fourth-order valence-electron chi connectivity index (χ4n) is 5.59. The van der Waals surface area contributed by atoms with Crippen LogP contribution in [0.2, 0.25) is 0 Å². The summed E-state index contributed by atoms with van der Waals surface area (Å²) in [6.45, 7) is 23.7. The van der Waals surface area contributed by atoms with Crippen LogP contribution in [0.5, 0.6) is 0 Å². The topological polar surface area (TPSA) is 38.3 Å². The van der Waals surface area contributed by atoms with Crippen LogP contribution in [0.4, 0.5) is 4.79 Å². The summed E-state index contributed by atoms with van der Waals surface area (Å²) in [5, 5.41) is 3.25. The van der Waals surface area contributed by atoms with E-state index in [1.807, 2.05) is 20.8 Å². The summed E-state index contributed by atoms with van der Waals surface area (Å²) in [5.41, 5.74) is 6.16. The first kappa shape index (κ1) is 30.2. The summed E-state index contributed by atoms with van der Waals surface area (Å²) >= 11 is 0. The molecule has 0 aromatic heterocycles. The third-order valence-corrected chi connectivity index (χ3v) is 7.71. The molecule has 1 fully saturated rings. The van der Waals surface area contributed by atoms with Crippen molar-refractivity contribution in [1.82, 2.24) is 5.32 Å². The summed E-state index contributed by atoms with van der Waals surface area (Å²) in [4.78, 5) is 12.8. The Morgan fingerprint density at radius 2 is 1.86 bits per heavy atom. The highest BCUT2D eigenvalue weighted by atomic mass is 16.6. The van der Waals surface area contributed by atoms with Crippen LogP contribution < -0.4 is 5.32 Å². The second kappa shape index (κ2) is 14.1. The number of ether oxygens (including phenoxy) is 1. The number of hydrogen-bond acceptors (Lipinski definition) is 2. The summed E-state index contributed by atoms with van der Waals surface area (Å²) in [5.74, 6) is 1.10. The predicted octanol–water partition coefficient (Wildman–Crippen LogP) is 9.30. The third-order valence-electron chi connectivity index (χ3n) is 7.71. The Kier molecular flexibility index (Phi) is 11.8. The SMILES string of the molecule is C=C1CCC(C(CC(C(=C)c2ccc(CC)c(CCCCCC)c2)C(C)C)NC(=O)OC(C)(C)C)C1. The number of aryl methyl sites for hydroxylation is 2. The van der Waals surface area contributed by atoms with Gasteiger partial charge in [-0.25, -0.2) is 4.79 Å². The molecule has 36 heavy (non-hydrogen) atoms. The number of carbonyl (C=O) groups excluding carboxylic acids is 1. The Morgan fingerprint density at radius 3 is 2.42 bits per heavy atom. The first-order chi connectivity index (χ1) is 16.9. The molecule has 0 heterocycles. The van der Waals surface area contributed by atoms with Gasteiger partial charge in [0.25, 0.3) is 0 Å². The maximum atomic E-state index is 12.8. The van der Waals surface area contributed by atoms with E-state index in [1.54, 1.807) is 0 Å². The maximum absolute atomic E-state index is 12.8. The van der Waals surface area contributed by atoms with Gasteiger partial charge in [-0.05, 0) is 106 Å². The van der Waals surface area contributed by atoms with Gasteiger partial charge in [-0.1, -0.05) is 83.9 Å². The van der Waals surface area contributed by atoms with Crippen LogP contribution >= 0.6 is 0 Å². The molecule has 202 valence electrons. The molecule has 0 spiro atoms. The van der Waals surface area contributed by atoms with Crippen LogP contribution in [-0.4, -0.2) is 17.7 Å². The van der Waals surface area contributed by atoms with Gasteiger partial charge in [-0.15, -0.1) is 0 Å². The number of nitrogens with one attached hydrogen (secondary N) is 1. The van der Waals surface area contributed by atoms with Crippen molar-refractivity contribution in [2.45, 2.75) is 124 Å². The van der Waals surface area contributed by atoms with Crippen molar-refractivity contribution in [3.8, 4) is 0 Å². The summed E-state index contributed by atoms with van der Waals surface area (Å²) < 4.78 is 5.64. The first-order valence-corrected chi connectivity index (χ1v) is 14.4. The van der Waals surface area contributed by atoms with Gasteiger partial charge >= 0.3 is 6.09 Å². The number of allylic oxidation sites excluding steroid dienone is 2. The van der Waals surface area contributed by atoms with Gasteiger partial charge < -0.3 is 10.1 Å². The molecule has 2 rings (SSSR count). The fourth-order valence-corrected chi connectivity index (χ4v) is 5.59. The average molecular weight is 496 g/mol. The lowest BCUT2D eigenvalue weighted by Crippen LogP contribution is -2.44. The van der Waals surface area contributed by atoms with Crippen LogP contribution in [0.3, 0.4) is 0 Å². The van der Waals surface area contributed by atoms with E-state index in [4.69, 9.17) is 4.74 Å². The fraction of sp³-hybridized carbons (Fsp3) is 0.667. The van der Waals surface area contributed by atoms with E-state index in [9.17, 15) is 4.79 Å². The van der Waals surface area contributed by atoms with Gasteiger partial charge in [0.15, 0.2) is 0 Å². The second-order valence-electron chi connectivity index (χ2n) is 12.3. The van der Waals surface area contributed by atoms with Gasteiger partial charge in [-0.3, -0.25) is 0 Å². The molecule has 0 aliphatic heterocycles. The van der Waals surface area contributed by atoms with Gasteiger partial charge in [0.2, 0.25) is 0 Å². The Labute approximate surface area is 222 Å². The van der Waals surface area contributed by atoms with E-state index < -0.39 is 5.60 Å². The number of amides is 1. The lowest BCUT2D eigenvalue weighted by molar-refractivity contribution is 0.0477. The number of alkyl carbamates (subject to hydrolysis) is 1. The van der Waals surface area contributed by atoms with Crippen molar-refractivity contribution in [3.05, 3.63) is 53.6 Å². The molecule has 0 saturated heterocycles. The highest BCUT2D eigenvalue weighted by Gasteiger charge is 2.33. The highest BCUT2D eigenvalue weighted by Crippen LogP contribution is 2.38. The van der Waals surface area contributed by atoms with Crippen molar-refractivity contribution in [2.75, 3.05) is 0 Å². The molecule has 0 radical (unpaired) electrons. The number of hydrogen-bond donors (Lipinski definition) is 1. The zero-order valence-corrected chi connectivity index (χ0v) is 24.3. The van der Waals surface area contributed by atoms with Gasteiger partial charge in [0, 0.05) is 6.04 Å².